The third kappa shape index (κ3) is 4.67. The fourth-order valence-electron chi connectivity index (χ4n) is 3.50. The second-order valence-corrected chi connectivity index (χ2v) is 8.68. The van der Waals surface area contributed by atoms with E-state index in [4.69, 9.17) is 9.47 Å². The lowest BCUT2D eigenvalue weighted by atomic mass is 10.1. The molecule has 2 heterocycles. The van der Waals surface area contributed by atoms with Crippen LogP contribution in [0.25, 0.3) is 17.0 Å². The number of rotatable bonds is 7. The second-order valence-electron chi connectivity index (χ2n) is 7.22. The van der Waals surface area contributed by atoms with Gasteiger partial charge in [0, 0.05) is 32.5 Å². The number of aryl methyl sites for hydroxylation is 2. The Labute approximate surface area is 185 Å². The van der Waals surface area contributed by atoms with Gasteiger partial charge in [-0.1, -0.05) is 30.3 Å². The van der Waals surface area contributed by atoms with Gasteiger partial charge in [-0.3, -0.25) is 9.78 Å². The summed E-state index contributed by atoms with van der Waals surface area (Å²) in [6, 6.07) is 17.5. The standard InChI is InChI=1S/C26H23NO3S/c1-17-14-22(18(2)31-17)23(28)11-9-19-10-12-24(29-3)21(15-19)16-30-25-8-4-6-20-7-5-13-27-26(20)25/h4-15H,16H2,1-3H3/b11-9+. The molecule has 0 saturated heterocycles. The number of ether oxygens (including phenoxy) is 2. The van der Waals surface area contributed by atoms with Gasteiger partial charge in [0.2, 0.25) is 0 Å². The van der Waals surface area contributed by atoms with Gasteiger partial charge >= 0.3 is 0 Å². The van der Waals surface area contributed by atoms with Crippen LogP contribution in [0.5, 0.6) is 11.5 Å². The molecule has 0 saturated carbocycles. The normalized spacial score (nSPS) is 11.2. The molecule has 0 amide bonds. The molecule has 2 aromatic heterocycles. The first kappa shape index (κ1) is 20.8. The Morgan fingerprint density at radius 3 is 2.68 bits per heavy atom. The zero-order valence-electron chi connectivity index (χ0n) is 17.7. The molecule has 0 spiro atoms. The average molecular weight is 430 g/mol. The van der Waals surface area contributed by atoms with Crippen molar-refractivity contribution in [3.63, 3.8) is 0 Å². The minimum atomic E-state index is 0.0114. The summed E-state index contributed by atoms with van der Waals surface area (Å²) in [5.41, 5.74) is 3.40. The van der Waals surface area contributed by atoms with Gasteiger partial charge in [0.15, 0.2) is 5.78 Å². The van der Waals surface area contributed by atoms with Crippen LogP contribution in [0.3, 0.4) is 0 Å². The number of hydrogen-bond acceptors (Lipinski definition) is 5. The molecule has 31 heavy (non-hydrogen) atoms. The zero-order valence-corrected chi connectivity index (χ0v) is 18.5. The van der Waals surface area contributed by atoms with E-state index in [1.54, 1.807) is 30.7 Å². The van der Waals surface area contributed by atoms with Gasteiger partial charge in [0.05, 0.1) is 7.11 Å². The maximum absolute atomic E-state index is 12.6. The van der Waals surface area contributed by atoms with Gasteiger partial charge in [0.25, 0.3) is 0 Å². The molecule has 4 nitrogen and oxygen atoms in total. The van der Waals surface area contributed by atoms with E-state index < -0.39 is 0 Å². The molecule has 0 atom stereocenters. The van der Waals surface area contributed by atoms with E-state index in [0.29, 0.717) is 6.61 Å². The highest BCUT2D eigenvalue weighted by Crippen LogP contribution is 2.27. The van der Waals surface area contributed by atoms with Gasteiger partial charge in [-0.2, -0.15) is 0 Å². The van der Waals surface area contributed by atoms with Crippen LogP contribution in [0.1, 0.15) is 31.2 Å². The molecule has 0 fully saturated rings. The molecule has 0 unspecified atom stereocenters. The van der Waals surface area contributed by atoms with Gasteiger partial charge < -0.3 is 9.47 Å². The minimum Gasteiger partial charge on any atom is -0.496 e. The maximum atomic E-state index is 12.6. The molecule has 0 aliphatic rings. The quantitative estimate of drug-likeness (QED) is 0.252. The summed E-state index contributed by atoms with van der Waals surface area (Å²) in [7, 11) is 1.64. The van der Waals surface area contributed by atoms with Crippen LogP contribution < -0.4 is 9.47 Å². The van der Waals surface area contributed by atoms with Crippen LogP contribution in [0.2, 0.25) is 0 Å². The van der Waals surface area contributed by atoms with Gasteiger partial charge in [-0.25, -0.2) is 0 Å². The number of thiophene rings is 1. The lowest BCUT2D eigenvalue weighted by Gasteiger charge is -2.12. The van der Waals surface area contributed by atoms with E-state index in [9.17, 15) is 4.79 Å². The first-order valence-corrected chi connectivity index (χ1v) is 10.8. The van der Waals surface area contributed by atoms with E-state index in [1.165, 1.54) is 0 Å². The number of nitrogens with zero attached hydrogens (tertiary/aromatic N) is 1. The van der Waals surface area contributed by atoms with Crippen LogP contribution in [0.15, 0.2) is 66.9 Å². The smallest absolute Gasteiger partial charge is 0.186 e. The van der Waals surface area contributed by atoms with Crippen molar-refractivity contribution in [2.45, 2.75) is 20.5 Å². The zero-order chi connectivity index (χ0) is 21.8. The number of ketones is 1. The molecule has 0 aliphatic carbocycles. The number of pyridine rings is 1. The summed E-state index contributed by atoms with van der Waals surface area (Å²) in [4.78, 5) is 19.2. The van der Waals surface area contributed by atoms with Crippen molar-refractivity contribution in [1.29, 1.82) is 0 Å². The third-order valence-electron chi connectivity index (χ3n) is 5.02. The van der Waals surface area contributed by atoms with Crippen molar-refractivity contribution < 1.29 is 14.3 Å². The van der Waals surface area contributed by atoms with Crippen molar-refractivity contribution in [2.75, 3.05) is 7.11 Å². The number of para-hydroxylation sites is 1. The lowest BCUT2D eigenvalue weighted by molar-refractivity contribution is 0.104. The van der Waals surface area contributed by atoms with Crippen LogP contribution in [-0.2, 0) is 6.61 Å². The molecular weight excluding hydrogens is 406 g/mol. The summed E-state index contributed by atoms with van der Waals surface area (Å²) in [5, 5.41) is 1.03. The Morgan fingerprint density at radius 1 is 1.06 bits per heavy atom. The molecule has 4 rings (SSSR count). The number of fused-ring (bicyclic) bond motifs is 1. The molecule has 156 valence electrons. The number of hydrogen-bond donors (Lipinski definition) is 0. The fourth-order valence-corrected chi connectivity index (χ4v) is 4.43. The Bertz CT molecular complexity index is 1270. The van der Waals surface area contributed by atoms with Crippen LogP contribution in [0.4, 0.5) is 0 Å². The Balaban J connectivity index is 1.55. The first-order valence-electron chi connectivity index (χ1n) is 9.98. The molecular formula is C26H23NO3S. The molecule has 2 aromatic carbocycles. The summed E-state index contributed by atoms with van der Waals surface area (Å²) >= 11 is 1.64. The second kappa shape index (κ2) is 9.14. The number of aromatic nitrogens is 1. The monoisotopic (exact) mass is 429 g/mol. The number of methoxy groups -OCH3 is 1. The fraction of sp³-hybridized carbons (Fsp3) is 0.154. The first-order chi connectivity index (χ1) is 15.0. The van der Waals surface area contributed by atoms with Crippen LogP contribution >= 0.6 is 11.3 Å². The van der Waals surface area contributed by atoms with Crippen molar-refractivity contribution >= 4 is 34.1 Å². The minimum absolute atomic E-state index is 0.0114. The molecule has 0 bridgehead atoms. The van der Waals surface area contributed by atoms with Gasteiger partial charge in [-0.15, -0.1) is 11.3 Å². The van der Waals surface area contributed by atoms with E-state index in [2.05, 4.69) is 4.98 Å². The predicted octanol–water partition coefficient (Wildman–Crippen LogP) is 6.40. The summed E-state index contributed by atoms with van der Waals surface area (Å²) in [5.74, 6) is 1.47. The van der Waals surface area contributed by atoms with E-state index in [1.807, 2.05) is 74.5 Å². The molecule has 4 aromatic rings. The molecule has 0 aliphatic heterocycles. The summed E-state index contributed by atoms with van der Waals surface area (Å²) in [6.07, 6.45) is 5.21. The lowest BCUT2D eigenvalue weighted by Crippen LogP contribution is -2.00. The summed E-state index contributed by atoms with van der Waals surface area (Å²) < 4.78 is 11.6. The maximum Gasteiger partial charge on any atom is 0.186 e. The largest absolute Gasteiger partial charge is 0.496 e. The highest BCUT2D eigenvalue weighted by molar-refractivity contribution is 7.12. The van der Waals surface area contributed by atoms with Crippen molar-refractivity contribution in [1.82, 2.24) is 4.98 Å². The highest BCUT2D eigenvalue weighted by Gasteiger charge is 2.10. The molecule has 0 radical (unpaired) electrons. The van der Waals surface area contributed by atoms with E-state index >= 15 is 0 Å². The van der Waals surface area contributed by atoms with E-state index in [-0.39, 0.29) is 5.78 Å². The number of carbonyl (C=O) groups excluding carboxylic acids is 1. The van der Waals surface area contributed by atoms with E-state index in [0.717, 1.165) is 48.8 Å². The van der Waals surface area contributed by atoms with Crippen LogP contribution in [0, 0.1) is 13.8 Å². The summed E-state index contributed by atoms with van der Waals surface area (Å²) in [6.45, 7) is 4.32. The molecule has 0 N–H and O–H groups in total. The predicted molar refractivity (Wildman–Crippen MR) is 126 cm³/mol. The topological polar surface area (TPSA) is 48.4 Å². The Hall–Kier alpha value is -3.44. The Kier molecular flexibility index (Phi) is 6.14. The van der Waals surface area contributed by atoms with Crippen molar-refractivity contribution in [2.24, 2.45) is 0 Å². The number of benzene rings is 2. The van der Waals surface area contributed by atoms with Gasteiger partial charge in [0.1, 0.15) is 23.6 Å². The van der Waals surface area contributed by atoms with Crippen LogP contribution in [-0.4, -0.2) is 17.9 Å². The average Bonchev–Trinajstić information content (AvgIpc) is 3.14. The van der Waals surface area contributed by atoms with Crippen molar-refractivity contribution in [3.05, 3.63) is 93.3 Å². The van der Waals surface area contributed by atoms with Gasteiger partial charge in [-0.05, 0) is 55.8 Å². The number of carbonyl (C=O) groups is 1. The SMILES string of the molecule is COc1ccc(/C=C/C(=O)c2cc(C)sc2C)cc1COc1cccc2cccnc12. The third-order valence-corrected chi connectivity index (χ3v) is 5.98. The molecule has 5 heteroatoms. The van der Waals surface area contributed by atoms with Crippen molar-refractivity contribution in [3.8, 4) is 11.5 Å². The highest BCUT2D eigenvalue weighted by atomic mass is 32.1. The Morgan fingerprint density at radius 2 is 1.90 bits per heavy atom. The number of allylic oxidation sites excluding steroid dienone is 1.